The van der Waals surface area contributed by atoms with Gasteiger partial charge in [-0.25, -0.2) is 0 Å². The topological polar surface area (TPSA) is 110 Å². The third-order valence-electron chi connectivity index (χ3n) is 2.75. The maximum Gasteiger partial charge on any atom is 0.326 e. The van der Waals surface area contributed by atoms with Crippen LogP contribution < -0.4 is 5.73 Å². The minimum absolute atomic E-state index is 0.0958. The minimum atomic E-state index is -1.51. The van der Waals surface area contributed by atoms with Gasteiger partial charge in [-0.1, -0.05) is 0 Å². The van der Waals surface area contributed by atoms with Crippen LogP contribution in [0.15, 0.2) is 0 Å². The molecule has 2 fully saturated rings. The third kappa shape index (κ3) is 0.895. The van der Waals surface area contributed by atoms with Gasteiger partial charge in [0.05, 0.1) is 18.6 Å². The molecule has 1 heterocycles. The molecule has 0 bridgehead atoms. The summed E-state index contributed by atoms with van der Waals surface area (Å²) in [6.07, 6.45) is -0.501. The van der Waals surface area contributed by atoms with Gasteiger partial charge in [0.2, 0.25) is 0 Å². The van der Waals surface area contributed by atoms with Crippen LogP contribution in [0.25, 0.3) is 0 Å². The van der Waals surface area contributed by atoms with Gasteiger partial charge in [-0.3, -0.25) is 9.59 Å². The van der Waals surface area contributed by atoms with E-state index in [9.17, 15) is 9.59 Å². The zero-order valence-electron chi connectivity index (χ0n) is 6.64. The van der Waals surface area contributed by atoms with Crippen molar-refractivity contribution in [3.05, 3.63) is 0 Å². The number of carboxylic acids is 2. The fourth-order valence-corrected chi connectivity index (χ4v) is 1.93. The van der Waals surface area contributed by atoms with E-state index in [1.807, 2.05) is 0 Å². The largest absolute Gasteiger partial charge is 0.481 e. The van der Waals surface area contributed by atoms with Crippen molar-refractivity contribution in [2.75, 3.05) is 6.61 Å². The van der Waals surface area contributed by atoms with E-state index in [0.717, 1.165) is 0 Å². The van der Waals surface area contributed by atoms with Gasteiger partial charge in [-0.05, 0) is 0 Å². The number of hydrogen-bond acceptors (Lipinski definition) is 4. The number of hydrogen-bond donors (Lipinski definition) is 3. The van der Waals surface area contributed by atoms with Crippen LogP contribution in [0.3, 0.4) is 0 Å². The molecule has 72 valence electrons. The zero-order valence-corrected chi connectivity index (χ0v) is 6.64. The molecule has 6 heteroatoms. The standard InChI is InChI=1S/C7H9NO5/c8-7(6(11)12)1-13-4-2(3(4)7)5(9)10/h2-4H,1,8H2,(H,9,10)(H,11,12)/t2?,3?,4?,7-/m0/s1. The van der Waals surface area contributed by atoms with Gasteiger partial charge in [-0.15, -0.1) is 0 Å². The predicted molar refractivity (Wildman–Crippen MR) is 38.9 cm³/mol. The monoisotopic (exact) mass is 187 g/mol. The van der Waals surface area contributed by atoms with Crippen LogP contribution in [0.1, 0.15) is 0 Å². The molecule has 1 aliphatic heterocycles. The van der Waals surface area contributed by atoms with Crippen LogP contribution in [0.5, 0.6) is 0 Å². The van der Waals surface area contributed by atoms with Crippen LogP contribution >= 0.6 is 0 Å². The first kappa shape index (κ1) is 8.46. The minimum Gasteiger partial charge on any atom is -0.481 e. The smallest absolute Gasteiger partial charge is 0.326 e. The second-order valence-corrected chi connectivity index (χ2v) is 3.51. The number of nitrogens with two attached hydrogens (primary N) is 1. The third-order valence-corrected chi connectivity index (χ3v) is 2.75. The summed E-state index contributed by atoms with van der Waals surface area (Å²) >= 11 is 0. The average Bonchev–Trinajstić information content (AvgIpc) is 2.66. The van der Waals surface area contributed by atoms with E-state index in [2.05, 4.69) is 0 Å². The molecule has 3 unspecified atom stereocenters. The van der Waals surface area contributed by atoms with E-state index >= 15 is 0 Å². The number of fused-ring (bicyclic) bond motifs is 1. The average molecular weight is 187 g/mol. The van der Waals surface area contributed by atoms with Gasteiger partial charge >= 0.3 is 11.9 Å². The summed E-state index contributed by atoms with van der Waals surface area (Å²) in [5.74, 6) is -3.54. The summed E-state index contributed by atoms with van der Waals surface area (Å²) in [4.78, 5) is 21.3. The highest BCUT2D eigenvalue weighted by molar-refractivity contribution is 5.85. The number of ether oxygens (including phenoxy) is 1. The van der Waals surface area contributed by atoms with Gasteiger partial charge in [0.25, 0.3) is 0 Å². The lowest BCUT2D eigenvalue weighted by molar-refractivity contribution is -0.147. The highest BCUT2D eigenvalue weighted by atomic mass is 16.5. The fraction of sp³-hybridized carbons (Fsp3) is 0.714. The van der Waals surface area contributed by atoms with Gasteiger partial charge in [0.15, 0.2) is 0 Å². The van der Waals surface area contributed by atoms with Crippen molar-refractivity contribution < 1.29 is 24.5 Å². The first-order valence-electron chi connectivity index (χ1n) is 3.85. The summed E-state index contributed by atoms with van der Waals surface area (Å²) in [5.41, 5.74) is 4.02. The van der Waals surface area contributed by atoms with Crippen molar-refractivity contribution >= 4 is 11.9 Å². The molecule has 13 heavy (non-hydrogen) atoms. The number of carbonyl (C=O) groups is 2. The van der Waals surface area contributed by atoms with Crippen LogP contribution in [-0.2, 0) is 14.3 Å². The lowest BCUT2D eigenvalue weighted by atomic mass is 9.95. The van der Waals surface area contributed by atoms with E-state index in [1.165, 1.54) is 0 Å². The van der Waals surface area contributed by atoms with Crippen LogP contribution in [0, 0.1) is 11.8 Å². The van der Waals surface area contributed by atoms with Crippen molar-refractivity contribution in [2.24, 2.45) is 17.6 Å². The molecule has 1 saturated carbocycles. The van der Waals surface area contributed by atoms with Gasteiger partial charge in [0, 0.05) is 5.92 Å². The molecule has 1 aliphatic carbocycles. The van der Waals surface area contributed by atoms with Crippen LogP contribution in [0.4, 0.5) is 0 Å². The SMILES string of the molecule is N[C@@]1(C(=O)O)COC2C(C(=O)O)C21. The molecular formula is C7H9NO5. The second-order valence-electron chi connectivity index (χ2n) is 3.51. The lowest BCUT2D eigenvalue weighted by Gasteiger charge is -2.19. The fourth-order valence-electron chi connectivity index (χ4n) is 1.93. The highest BCUT2D eigenvalue weighted by Crippen LogP contribution is 2.53. The Morgan fingerprint density at radius 3 is 2.46 bits per heavy atom. The first-order valence-corrected chi connectivity index (χ1v) is 3.85. The van der Waals surface area contributed by atoms with Gasteiger partial charge < -0.3 is 20.7 Å². The summed E-state index contributed by atoms with van der Waals surface area (Å²) in [6.45, 7) is -0.0958. The molecular weight excluding hydrogens is 178 g/mol. The summed E-state index contributed by atoms with van der Waals surface area (Å²) < 4.78 is 4.99. The zero-order chi connectivity index (χ0) is 9.80. The summed E-state index contributed by atoms with van der Waals surface area (Å²) in [6, 6.07) is 0. The molecule has 2 aliphatic rings. The van der Waals surface area contributed by atoms with Crippen molar-refractivity contribution in [2.45, 2.75) is 11.6 Å². The normalized spacial score (nSPS) is 47.0. The van der Waals surface area contributed by atoms with E-state index in [4.69, 9.17) is 20.7 Å². The maximum absolute atomic E-state index is 10.7. The Hall–Kier alpha value is -1.14. The Bertz CT molecular complexity index is 291. The van der Waals surface area contributed by atoms with Gasteiger partial charge in [-0.2, -0.15) is 0 Å². The Kier molecular flexibility index (Phi) is 1.44. The van der Waals surface area contributed by atoms with Crippen molar-refractivity contribution in [3.63, 3.8) is 0 Å². The maximum atomic E-state index is 10.7. The van der Waals surface area contributed by atoms with Crippen LogP contribution in [-0.4, -0.2) is 40.4 Å². The lowest BCUT2D eigenvalue weighted by Crippen LogP contribution is -2.52. The van der Waals surface area contributed by atoms with E-state index < -0.39 is 35.4 Å². The second kappa shape index (κ2) is 2.21. The number of aliphatic carboxylic acids is 2. The molecule has 2 rings (SSSR count). The van der Waals surface area contributed by atoms with E-state index in [1.54, 1.807) is 0 Å². The molecule has 0 spiro atoms. The molecule has 0 radical (unpaired) electrons. The first-order chi connectivity index (χ1) is 5.98. The Labute approximate surface area is 73.3 Å². The van der Waals surface area contributed by atoms with E-state index in [0.29, 0.717) is 0 Å². The van der Waals surface area contributed by atoms with Crippen molar-refractivity contribution in [3.8, 4) is 0 Å². The summed E-state index contributed by atoms with van der Waals surface area (Å²) in [5, 5.41) is 17.4. The quantitative estimate of drug-likeness (QED) is 0.485. The van der Waals surface area contributed by atoms with Crippen molar-refractivity contribution in [1.29, 1.82) is 0 Å². The molecule has 4 atom stereocenters. The van der Waals surface area contributed by atoms with Crippen LogP contribution in [0.2, 0.25) is 0 Å². The molecule has 0 aromatic carbocycles. The number of carboxylic acid groups (broad SMARTS) is 2. The van der Waals surface area contributed by atoms with Gasteiger partial charge in [0.1, 0.15) is 5.54 Å². The predicted octanol–water partition coefficient (Wildman–Crippen LogP) is -1.50. The molecule has 0 aromatic heterocycles. The Morgan fingerprint density at radius 2 is 2.08 bits per heavy atom. The highest BCUT2D eigenvalue weighted by Gasteiger charge is 2.72. The molecule has 0 aromatic rings. The van der Waals surface area contributed by atoms with E-state index in [-0.39, 0.29) is 6.61 Å². The number of rotatable bonds is 2. The van der Waals surface area contributed by atoms with Crippen molar-refractivity contribution in [1.82, 2.24) is 0 Å². The molecule has 6 nitrogen and oxygen atoms in total. The molecule has 4 N–H and O–H groups in total. The Morgan fingerprint density at radius 1 is 1.46 bits per heavy atom. The molecule has 1 saturated heterocycles. The summed E-state index contributed by atoms with van der Waals surface area (Å²) in [7, 11) is 0. The molecule has 0 amide bonds. The Balaban J connectivity index is 2.20.